The molecule has 3 heterocycles. The van der Waals surface area contributed by atoms with Gasteiger partial charge in [0.05, 0.1) is 3.57 Å². The van der Waals surface area contributed by atoms with Crippen LogP contribution in [0.2, 0.25) is 0 Å². The minimum absolute atomic E-state index is 0.978. The van der Waals surface area contributed by atoms with Crippen LogP contribution in [0.3, 0.4) is 0 Å². The van der Waals surface area contributed by atoms with Gasteiger partial charge in [0.15, 0.2) is 0 Å². The Hall–Kier alpha value is -0.690. The van der Waals surface area contributed by atoms with Crippen molar-refractivity contribution < 1.29 is 0 Å². The summed E-state index contributed by atoms with van der Waals surface area (Å²) in [7, 11) is 0. The molecule has 0 aromatic carbocycles. The maximum Gasteiger partial charge on any atom is 0.145 e. The van der Waals surface area contributed by atoms with Gasteiger partial charge in [-0.25, -0.2) is 9.97 Å². The largest absolute Gasteiger partial charge is 0.351 e. The van der Waals surface area contributed by atoms with Crippen LogP contribution in [0, 0.1) is 3.57 Å². The molecule has 0 radical (unpaired) electrons. The van der Waals surface area contributed by atoms with Crippen LogP contribution in [-0.4, -0.2) is 16.5 Å². The number of thiophene rings is 1. The first-order chi connectivity index (χ1) is 7.84. The maximum absolute atomic E-state index is 4.37. The van der Waals surface area contributed by atoms with Gasteiger partial charge in [-0.05, 0) is 46.0 Å². The number of rotatable bonds is 1. The smallest absolute Gasteiger partial charge is 0.145 e. The second-order valence-electron chi connectivity index (χ2n) is 3.73. The molecule has 0 bridgehead atoms. The summed E-state index contributed by atoms with van der Waals surface area (Å²) >= 11 is 4.16. The molecule has 16 heavy (non-hydrogen) atoms. The van der Waals surface area contributed by atoms with E-state index in [2.05, 4.69) is 48.9 Å². The van der Waals surface area contributed by atoms with Gasteiger partial charge in [0.25, 0.3) is 0 Å². The molecule has 0 fully saturated rings. The number of aromatic nitrogens is 2. The van der Waals surface area contributed by atoms with Crippen LogP contribution < -0.4 is 4.90 Å². The lowest BCUT2D eigenvalue weighted by Crippen LogP contribution is -2.30. The van der Waals surface area contributed by atoms with Crippen LogP contribution in [0.4, 0.5) is 5.82 Å². The summed E-state index contributed by atoms with van der Waals surface area (Å²) < 4.78 is 1.12. The molecule has 0 spiro atoms. The lowest BCUT2D eigenvalue weighted by atomic mass is 10.1. The Bertz CT molecular complexity index is 511. The van der Waals surface area contributed by atoms with Gasteiger partial charge >= 0.3 is 0 Å². The number of nitrogens with zero attached hydrogens (tertiary/aromatic N) is 3. The molecule has 0 unspecified atom stereocenters. The Balaban J connectivity index is 1.92. The molecular weight excluding hydrogens is 333 g/mol. The average Bonchev–Trinajstić information content (AvgIpc) is 2.76. The zero-order valence-corrected chi connectivity index (χ0v) is 11.5. The fourth-order valence-electron chi connectivity index (χ4n) is 1.97. The summed E-state index contributed by atoms with van der Waals surface area (Å²) in [5.41, 5.74) is 1.45. The molecule has 2 aromatic heterocycles. The maximum atomic E-state index is 4.37. The molecule has 3 rings (SSSR count). The summed E-state index contributed by atoms with van der Waals surface area (Å²) in [5.74, 6) is 1.06. The fraction of sp³-hybridized carbons (Fsp3) is 0.273. The van der Waals surface area contributed by atoms with E-state index in [1.165, 1.54) is 10.4 Å². The summed E-state index contributed by atoms with van der Waals surface area (Å²) in [6, 6.07) is 2.22. The van der Waals surface area contributed by atoms with Gasteiger partial charge in [-0.15, -0.1) is 11.3 Å². The minimum Gasteiger partial charge on any atom is -0.351 e. The number of hydrogen-bond donors (Lipinski definition) is 0. The Morgan fingerprint density at radius 1 is 1.44 bits per heavy atom. The van der Waals surface area contributed by atoms with E-state index in [1.807, 2.05) is 17.5 Å². The summed E-state index contributed by atoms with van der Waals surface area (Å²) in [5, 5.41) is 2.18. The van der Waals surface area contributed by atoms with E-state index in [0.29, 0.717) is 0 Å². The first kappa shape index (κ1) is 10.5. The van der Waals surface area contributed by atoms with Crippen molar-refractivity contribution in [1.82, 2.24) is 9.97 Å². The molecule has 2 aromatic rings. The molecule has 0 amide bonds. The van der Waals surface area contributed by atoms with Crippen LogP contribution >= 0.6 is 33.9 Å². The monoisotopic (exact) mass is 343 g/mol. The molecule has 0 saturated heterocycles. The molecule has 5 heteroatoms. The van der Waals surface area contributed by atoms with Crippen molar-refractivity contribution in [3.63, 3.8) is 0 Å². The van der Waals surface area contributed by atoms with E-state index in [4.69, 9.17) is 0 Å². The van der Waals surface area contributed by atoms with Crippen molar-refractivity contribution in [2.45, 2.75) is 13.0 Å². The third kappa shape index (κ3) is 1.82. The summed E-state index contributed by atoms with van der Waals surface area (Å²) in [6.07, 6.45) is 4.62. The highest BCUT2D eigenvalue weighted by atomic mass is 127. The highest BCUT2D eigenvalue weighted by molar-refractivity contribution is 14.1. The van der Waals surface area contributed by atoms with Crippen LogP contribution in [0.1, 0.15) is 10.4 Å². The zero-order valence-electron chi connectivity index (χ0n) is 8.56. The minimum atomic E-state index is 0.978. The second-order valence-corrected chi connectivity index (χ2v) is 5.90. The van der Waals surface area contributed by atoms with E-state index < -0.39 is 0 Å². The van der Waals surface area contributed by atoms with Gasteiger partial charge < -0.3 is 4.90 Å². The van der Waals surface area contributed by atoms with Crippen molar-refractivity contribution in [2.75, 3.05) is 11.4 Å². The fourth-order valence-corrected chi connectivity index (χ4v) is 3.50. The molecule has 3 nitrogen and oxygen atoms in total. The van der Waals surface area contributed by atoms with E-state index in [9.17, 15) is 0 Å². The molecular formula is C11H10IN3S. The second kappa shape index (κ2) is 4.29. The molecule has 1 aliphatic rings. The molecule has 0 saturated carbocycles. The van der Waals surface area contributed by atoms with Gasteiger partial charge in [0.1, 0.15) is 12.1 Å². The van der Waals surface area contributed by atoms with E-state index in [0.717, 1.165) is 28.9 Å². The zero-order chi connectivity index (χ0) is 11.0. The van der Waals surface area contributed by atoms with Crippen LogP contribution in [0.15, 0.2) is 24.0 Å². The van der Waals surface area contributed by atoms with Crippen LogP contribution in [0.25, 0.3) is 0 Å². The number of halogens is 1. The third-order valence-corrected chi connectivity index (χ3v) is 4.54. The average molecular weight is 343 g/mol. The van der Waals surface area contributed by atoms with Crippen molar-refractivity contribution >= 4 is 39.7 Å². The molecule has 0 N–H and O–H groups in total. The molecule has 0 aliphatic carbocycles. The Morgan fingerprint density at radius 3 is 3.25 bits per heavy atom. The quantitative estimate of drug-likeness (QED) is 0.746. The summed E-state index contributed by atoms with van der Waals surface area (Å²) in [4.78, 5) is 12.3. The topological polar surface area (TPSA) is 29.0 Å². The van der Waals surface area contributed by atoms with E-state index in [1.54, 1.807) is 6.33 Å². The number of fused-ring (bicyclic) bond motifs is 1. The number of hydrogen-bond acceptors (Lipinski definition) is 4. The highest BCUT2D eigenvalue weighted by Crippen LogP contribution is 2.28. The Labute approximate surface area is 112 Å². The van der Waals surface area contributed by atoms with Crippen LogP contribution in [0.5, 0.6) is 0 Å². The van der Waals surface area contributed by atoms with Crippen molar-refractivity contribution in [3.05, 3.63) is 38.0 Å². The van der Waals surface area contributed by atoms with Gasteiger partial charge in [-0.3, -0.25) is 0 Å². The molecule has 82 valence electrons. The Morgan fingerprint density at radius 2 is 2.38 bits per heavy atom. The predicted molar refractivity (Wildman–Crippen MR) is 73.8 cm³/mol. The van der Waals surface area contributed by atoms with Gasteiger partial charge in [0, 0.05) is 24.2 Å². The Kier molecular flexibility index (Phi) is 2.81. The highest BCUT2D eigenvalue weighted by Gasteiger charge is 2.19. The van der Waals surface area contributed by atoms with Gasteiger partial charge in [0.2, 0.25) is 0 Å². The third-order valence-electron chi connectivity index (χ3n) is 2.76. The van der Waals surface area contributed by atoms with Crippen molar-refractivity contribution in [3.8, 4) is 0 Å². The van der Waals surface area contributed by atoms with E-state index >= 15 is 0 Å². The molecule has 1 aliphatic heterocycles. The standard InChI is InChI=1S/C11H10IN3S/c12-9-5-13-7-14-11(9)15-3-1-10-8(6-15)2-4-16-10/h2,4-5,7H,1,3,6H2. The van der Waals surface area contributed by atoms with Crippen molar-refractivity contribution in [2.24, 2.45) is 0 Å². The first-order valence-electron chi connectivity index (χ1n) is 5.10. The lowest BCUT2D eigenvalue weighted by Gasteiger charge is -2.28. The summed E-state index contributed by atoms with van der Waals surface area (Å²) in [6.45, 7) is 2.03. The molecule has 0 atom stereocenters. The number of anilines is 1. The van der Waals surface area contributed by atoms with Crippen LogP contribution in [-0.2, 0) is 13.0 Å². The van der Waals surface area contributed by atoms with Gasteiger partial charge in [-0.1, -0.05) is 0 Å². The lowest BCUT2D eigenvalue weighted by molar-refractivity contribution is 0.728. The normalized spacial score (nSPS) is 14.9. The predicted octanol–water partition coefficient (Wildman–Crippen LogP) is 2.71. The first-order valence-corrected chi connectivity index (χ1v) is 7.06. The van der Waals surface area contributed by atoms with Crippen molar-refractivity contribution in [1.29, 1.82) is 0 Å². The SMILES string of the molecule is Ic1cncnc1N1CCc2sccc2C1. The van der Waals surface area contributed by atoms with E-state index in [-0.39, 0.29) is 0 Å². The van der Waals surface area contributed by atoms with Gasteiger partial charge in [-0.2, -0.15) is 0 Å².